The van der Waals surface area contributed by atoms with Gasteiger partial charge in [-0.2, -0.15) is 0 Å². The maximum Gasteiger partial charge on any atom is 0.152 e. The summed E-state index contributed by atoms with van der Waals surface area (Å²) in [6.45, 7) is 32.0. The topological polar surface area (TPSA) is 211 Å². The molecule has 9 N–H and O–H groups in total. The van der Waals surface area contributed by atoms with Gasteiger partial charge in [0.2, 0.25) is 0 Å². The van der Waals surface area contributed by atoms with Crippen molar-refractivity contribution >= 4 is 9.84 Å². The largest absolute Gasteiger partial charge is 0.400 e. The number of nitrogens with zero attached hydrogens (tertiary/aromatic N) is 9. The fourth-order valence-electron chi connectivity index (χ4n) is 11.9. The van der Waals surface area contributed by atoms with Crippen LogP contribution in [0, 0.1) is 0 Å². The van der Waals surface area contributed by atoms with Gasteiger partial charge in [-0.15, -0.1) is 0 Å². The zero-order valence-electron chi connectivity index (χ0n) is 66.4. The van der Waals surface area contributed by atoms with E-state index in [1.807, 2.05) is 33.0 Å². The van der Waals surface area contributed by atoms with Gasteiger partial charge in [-0.1, -0.05) is 78.6 Å². The number of likely N-dealkylation sites (N-methyl/N-ethyl adjacent to an activating group) is 2. The number of piperidine rings is 2. The lowest BCUT2D eigenvalue weighted by atomic mass is 9.96. The first-order valence-electron chi connectivity index (χ1n) is 39.0. The number of aliphatic hydroxyl groups is 1. The quantitative estimate of drug-likeness (QED) is 0.137. The van der Waals surface area contributed by atoms with Crippen LogP contribution in [0.15, 0.2) is 0 Å². The van der Waals surface area contributed by atoms with Crippen molar-refractivity contribution in [2.24, 2.45) is 11.5 Å². The van der Waals surface area contributed by atoms with E-state index in [0.29, 0.717) is 30.6 Å². The molecule has 0 radical (unpaired) electrons. The van der Waals surface area contributed by atoms with E-state index < -0.39 is 9.84 Å². The van der Waals surface area contributed by atoms with Crippen molar-refractivity contribution in [3.63, 3.8) is 0 Å². The highest BCUT2D eigenvalue weighted by molar-refractivity contribution is 7.91. The monoisotopic (exact) mass is 1410 g/mol. The van der Waals surface area contributed by atoms with Gasteiger partial charge in [0.1, 0.15) is 0 Å². The van der Waals surface area contributed by atoms with Crippen molar-refractivity contribution in [2.75, 3.05) is 287 Å². The lowest BCUT2D eigenvalue weighted by Crippen LogP contribution is -2.39. The van der Waals surface area contributed by atoms with Crippen LogP contribution in [-0.4, -0.2) is 363 Å². The van der Waals surface area contributed by atoms with Crippen LogP contribution < -0.4 is 32.7 Å². The predicted molar refractivity (Wildman–Crippen MR) is 424 cm³/mol. The maximum atomic E-state index is 10.8. The molecule has 10 aliphatic heterocycles. The minimum atomic E-state index is -2.66. The number of ether oxygens (including phenoxy) is 3. The van der Waals surface area contributed by atoms with Crippen molar-refractivity contribution < 1.29 is 27.7 Å². The Bertz CT molecular complexity index is 1460. The first-order chi connectivity index (χ1) is 46.5. The molecule has 0 unspecified atom stereocenters. The predicted octanol–water partition coefficient (Wildman–Crippen LogP) is 7.52. The minimum absolute atomic E-state index is 0. The summed E-state index contributed by atoms with van der Waals surface area (Å²) in [5.41, 5.74) is 9.35. The second-order valence-electron chi connectivity index (χ2n) is 27.9. The van der Waals surface area contributed by atoms with Crippen LogP contribution >= 0.6 is 0 Å². The van der Waals surface area contributed by atoms with Crippen LogP contribution in [0.1, 0.15) is 188 Å². The molecule has 21 nitrogen and oxygen atoms in total. The maximum absolute atomic E-state index is 10.8. The third-order valence-corrected chi connectivity index (χ3v) is 20.6. The van der Waals surface area contributed by atoms with E-state index in [4.69, 9.17) is 25.1 Å². The summed E-state index contributed by atoms with van der Waals surface area (Å²) in [5, 5.41) is 20.0. The van der Waals surface area contributed by atoms with E-state index in [-0.39, 0.29) is 7.43 Å². The number of morpholine rings is 2. The van der Waals surface area contributed by atoms with Gasteiger partial charge >= 0.3 is 0 Å². The number of rotatable bonds is 6. The molecule has 0 spiro atoms. The molecule has 0 aromatic carbocycles. The van der Waals surface area contributed by atoms with Crippen molar-refractivity contribution in [1.82, 2.24) is 65.4 Å². The molecule has 12 rings (SSSR count). The molecule has 12 fully saturated rings. The number of sulfone groups is 1. The summed E-state index contributed by atoms with van der Waals surface area (Å²) in [6.07, 6.45) is 37.9. The molecule has 2 aliphatic carbocycles. The number of hydrogen-bond donors (Lipinski definition) is 7. The van der Waals surface area contributed by atoms with E-state index >= 15 is 0 Å². The van der Waals surface area contributed by atoms with Crippen LogP contribution in [0.3, 0.4) is 0 Å². The number of likely N-dealkylation sites (tertiary alicyclic amines) is 6. The average Bonchev–Trinajstić information content (AvgIpc) is 1.66. The number of nitrogens with two attached hydrogens (primary N) is 2. The van der Waals surface area contributed by atoms with E-state index in [2.05, 4.69) is 130 Å². The molecule has 22 heteroatoms. The summed E-state index contributed by atoms with van der Waals surface area (Å²) >= 11 is 0. The summed E-state index contributed by atoms with van der Waals surface area (Å²) in [7, 11) is 25.1. The summed E-state index contributed by atoms with van der Waals surface area (Å²) in [5.74, 6) is 0.674. The molecule has 0 aromatic heterocycles. The summed E-state index contributed by atoms with van der Waals surface area (Å²) < 4.78 is 37.0. The molecule has 97 heavy (non-hydrogen) atoms. The molecular formula is C75H173N15O6S. The fourth-order valence-corrected chi connectivity index (χ4v) is 13.3. The average molecular weight is 1410 g/mol. The minimum Gasteiger partial charge on any atom is -0.400 e. The van der Waals surface area contributed by atoms with Gasteiger partial charge in [-0.25, -0.2) is 8.42 Å². The summed E-state index contributed by atoms with van der Waals surface area (Å²) in [4.78, 5) is 20.9. The molecular weight excluding hydrogens is 1240 g/mol. The fraction of sp³-hybridized carbons (Fsp3) is 1.00. The van der Waals surface area contributed by atoms with E-state index in [0.717, 1.165) is 105 Å². The smallest absolute Gasteiger partial charge is 0.152 e. The molecule has 0 atom stereocenters. The molecule has 590 valence electrons. The van der Waals surface area contributed by atoms with Gasteiger partial charge in [0.15, 0.2) is 9.84 Å². The molecule has 2 saturated carbocycles. The van der Waals surface area contributed by atoms with Gasteiger partial charge in [-0.05, 0) is 286 Å². The zero-order valence-corrected chi connectivity index (χ0v) is 67.2. The van der Waals surface area contributed by atoms with E-state index in [9.17, 15) is 8.42 Å². The van der Waals surface area contributed by atoms with E-state index in [1.165, 1.54) is 259 Å². The van der Waals surface area contributed by atoms with Crippen molar-refractivity contribution in [2.45, 2.75) is 206 Å². The standard InChI is InChI=1S/C7H16N2O.3C7H15N.C6H13NO.2C6H13N.C5H11NO2S.C5H11NO.2C5H11N.C4H9N.C2H7N.CH5N.CH4O.CH4/c1-8-2-3-9-4-6-10-7-5-9;1-8-6-4-2-3-5-7-8;2*1-8-7-5-3-2-4-6-7;1-7-6-2-4-8-5-3-6;2*1-7-5-3-2-4-6-7;1-6-2-4-9(7,8)5-3-6;1-6-2-4-7-5-3-6;2*1-6-4-2-3-5-6;1-5-3-2-4-5;1-2-3;2*1-2;/h8H,2-7H2,1H3;2-7H2,1H3;2*7-8H,2-6H2,1H3;6-7H,2-5H2,1H3;2*2-6H2,1H3;2-5H2,1H3;2-5H2,1H3;2*2-5H2,1H3;2-4H2,1H3;2-3H2,1H3;2H2,1H3;2H,1H3;1H4. The van der Waals surface area contributed by atoms with Gasteiger partial charge in [0.05, 0.1) is 37.9 Å². The lowest BCUT2D eigenvalue weighted by Gasteiger charge is -2.26. The highest BCUT2D eigenvalue weighted by atomic mass is 32.2. The number of hydrogen-bond acceptors (Lipinski definition) is 21. The zero-order chi connectivity index (χ0) is 72.0. The highest BCUT2D eigenvalue weighted by Crippen LogP contribution is 2.18. The van der Waals surface area contributed by atoms with Crippen molar-refractivity contribution in [1.29, 1.82) is 0 Å². The molecule has 10 heterocycles. The van der Waals surface area contributed by atoms with Gasteiger partial charge < -0.3 is 91.3 Å². The number of nitrogens with one attached hydrogen (secondary N) is 4. The van der Waals surface area contributed by atoms with Crippen LogP contribution in [0.5, 0.6) is 0 Å². The molecule has 10 saturated heterocycles. The van der Waals surface area contributed by atoms with Crippen molar-refractivity contribution in [3.8, 4) is 0 Å². The molecule has 0 amide bonds. The third-order valence-electron chi connectivity index (χ3n) is 19.0. The van der Waals surface area contributed by atoms with Crippen LogP contribution in [0.4, 0.5) is 0 Å². The Morgan fingerprint density at radius 2 is 0.577 bits per heavy atom. The second kappa shape index (κ2) is 77.8. The Labute approximate surface area is 604 Å². The van der Waals surface area contributed by atoms with E-state index in [1.54, 1.807) is 0 Å². The first kappa shape index (κ1) is 103. The second-order valence-corrected chi connectivity index (χ2v) is 30.2. The molecule has 12 aliphatic rings. The Balaban J connectivity index is -0.000000483. The Hall–Kier alpha value is -0.810. The Morgan fingerprint density at radius 3 is 0.794 bits per heavy atom. The van der Waals surface area contributed by atoms with Crippen LogP contribution in [0.25, 0.3) is 0 Å². The summed E-state index contributed by atoms with van der Waals surface area (Å²) in [6, 6.07) is 2.39. The molecule has 0 bridgehead atoms. The molecule has 0 aromatic rings. The lowest BCUT2D eigenvalue weighted by molar-refractivity contribution is 0.0386. The van der Waals surface area contributed by atoms with Gasteiger partial charge in [0, 0.05) is 90.8 Å². The Kier molecular flexibility index (Phi) is 82.2. The van der Waals surface area contributed by atoms with Crippen molar-refractivity contribution in [3.05, 3.63) is 0 Å². The Morgan fingerprint density at radius 1 is 0.351 bits per heavy atom. The van der Waals surface area contributed by atoms with Gasteiger partial charge in [0.25, 0.3) is 0 Å². The third kappa shape index (κ3) is 73.3. The first-order valence-corrected chi connectivity index (χ1v) is 40.9. The highest BCUT2D eigenvalue weighted by Gasteiger charge is 2.18. The van der Waals surface area contributed by atoms with Gasteiger partial charge in [-0.3, -0.25) is 4.90 Å². The SMILES string of the molecule is C.CCN.CN.CN1CCC1.CN1CCCC1.CN1CCCC1.CN1CCCCC1.CN1CCCCC1.CN1CCCCCC1.CN1CCOCC1.CN1CCS(=O)(=O)CC1.CNC1CCCCC1.CNC1CCCCC1.CNC1CCOCC1.CNCCN1CCOCC1.CO. The van der Waals surface area contributed by atoms with Crippen LogP contribution in [0.2, 0.25) is 0 Å². The van der Waals surface area contributed by atoms with Crippen LogP contribution in [-0.2, 0) is 24.0 Å². The normalized spacial score (nSPS) is 23.0. The number of aliphatic hydroxyl groups excluding tert-OH is 1.